The van der Waals surface area contributed by atoms with Gasteiger partial charge in [0, 0.05) is 37.6 Å². The Morgan fingerprint density at radius 1 is 1.30 bits per heavy atom. The maximum atomic E-state index is 5.66. The van der Waals surface area contributed by atoms with Crippen LogP contribution in [0.4, 0.5) is 5.82 Å². The lowest BCUT2D eigenvalue weighted by Crippen LogP contribution is -2.23. The van der Waals surface area contributed by atoms with Crippen molar-refractivity contribution in [2.45, 2.75) is 13.3 Å². The van der Waals surface area contributed by atoms with Crippen LogP contribution in [0.5, 0.6) is 5.88 Å². The number of aromatic nitrogens is 4. The number of ether oxygens (including phenoxy) is 1. The van der Waals surface area contributed by atoms with Crippen molar-refractivity contribution >= 4 is 5.82 Å². The number of hydrogen-bond donors (Lipinski definition) is 0. The van der Waals surface area contributed by atoms with Crippen LogP contribution in [0.3, 0.4) is 0 Å². The van der Waals surface area contributed by atoms with Crippen LogP contribution >= 0.6 is 0 Å². The lowest BCUT2D eigenvalue weighted by Gasteiger charge is -2.17. The van der Waals surface area contributed by atoms with Gasteiger partial charge in [-0.15, -0.1) is 0 Å². The number of anilines is 1. The summed E-state index contributed by atoms with van der Waals surface area (Å²) in [5, 5.41) is 0. The van der Waals surface area contributed by atoms with E-state index < -0.39 is 0 Å². The van der Waals surface area contributed by atoms with Crippen molar-refractivity contribution in [1.82, 2.24) is 19.9 Å². The Hall–Kier alpha value is -2.24. The number of aryl methyl sites for hydroxylation is 1. The normalized spacial score (nSPS) is 18.2. The van der Waals surface area contributed by atoms with Gasteiger partial charge in [0.15, 0.2) is 0 Å². The zero-order chi connectivity index (χ0) is 13.8. The predicted octanol–water partition coefficient (Wildman–Crippen LogP) is 1.48. The topological polar surface area (TPSA) is 64.0 Å². The quantitative estimate of drug-likeness (QED) is 0.839. The molecule has 0 aromatic carbocycles. The highest BCUT2D eigenvalue weighted by atomic mass is 16.5. The molecule has 1 aliphatic heterocycles. The summed E-state index contributed by atoms with van der Waals surface area (Å²) in [7, 11) is 0. The molecule has 1 saturated heterocycles. The van der Waals surface area contributed by atoms with Crippen LogP contribution in [0.2, 0.25) is 0 Å². The van der Waals surface area contributed by atoms with E-state index in [1.165, 1.54) is 0 Å². The minimum atomic E-state index is 0.493. The number of nitrogens with zero attached hydrogens (tertiary/aromatic N) is 5. The van der Waals surface area contributed by atoms with E-state index in [1.807, 2.05) is 13.0 Å². The van der Waals surface area contributed by atoms with Crippen LogP contribution in [0.1, 0.15) is 12.2 Å². The van der Waals surface area contributed by atoms with Crippen LogP contribution in [0.25, 0.3) is 0 Å². The summed E-state index contributed by atoms with van der Waals surface area (Å²) in [6, 6.07) is 1.96. The molecular weight excluding hydrogens is 254 g/mol. The second-order valence-electron chi connectivity index (χ2n) is 4.92. The Labute approximate surface area is 117 Å². The third kappa shape index (κ3) is 3.01. The van der Waals surface area contributed by atoms with Crippen molar-refractivity contribution in [2.75, 3.05) is 24.6 Å². The molecule has 3 heterocycles. The highest BCUT2D eigenvalue weighted by molar-refractivity contribution is 5.38. The molecule has 1 unspecified atom stereocenters. The standard InChI is InChI=1S/C14H17N5O/c1-11-16-4-2-13(18-11)19-7-3-12(9-19)10-20-14-8-15-5-6-17-14/h2,4-6,8,12H,3,7,9-10H2,1H3. The number of hydrogen-bond acceptors (Lipinski definition) is 6. The molecule has 0 radical (unpaired) electrons. The van der Waals surface area contributed by atoms with Gasteiger partial charge in [-0.05, 0) is 19.4 Å². The van der Waals surface area contributed by atoms with E-state index in [0.717, 1.165) is 31.2 Å². The van der Waals surface area contributed by atoms with Crippen molar-refractivity contribution in [3.63, 3.8) is 0 Å². The van der Waals surface area contributed by atoms with Gasteiger partial charge in [-0.3, -0.25) is 4.98 Å². The van der Waals surface area contributed by atoms with Gasteiger partial charge >= 0.3 is 0 Å². The van der Waals surface area contributed by atoms with Crippen molar-refractivity contribution in [2.24, 2.45) is 5.92 Å². The van der Waals surface area contributed by atoms with Crippen molar-refractivity contribution in [3.05, 3.63) is 36.7 Å². The van der Waals surface area contributed by atoms with Gasteiger partial charge in [0.05, 0.1) is 12.8 Å². The van der Waals surface area contributed by atoms with Gasteiger partial charge in [0.25, 0.3) is 0 Å². The van der Waals surface area contributed by atoms with E-state index in [2.05, 4.69) is 24.8 Å². The molecule has 6 nitrogen and oxygen atoms in total. The van der Waals surface area contributed by atoms with Crippen molar-refractivity contribution in [3.8, 4) is 5.88 Å². The highest BCUT2D eigenvalue weighted by Gasteiger charge is 2.24. The zero-order valence-electron chi connectivity index (χ0n) is 11.4. The first kappa shape index (κ1) is 12.8. The fourth-order valence-electron chi connectivity index (χ4n) is 2.36. The first-order valence-electron chi connectivity index (χ1n) is 6.74. The van der Waals surface area contributed by atoms with E-state index in [1.54, 1.807) is 24.8 Å². The zero-order valence-corrected chi connectivity index (χ0v) is 11.4. The Morgan fingerprint density at radius 2 is 2.25 bits per heavy atom. The predicted molar refractivity (Wildman–Crippen MR) is 74.6 cm³/mol. The molecule has 0 amide bonds. The maximum Gasteiger partial charge on any atom is 0.232 e. The third-order valence-corrected chi connectivity index (χ3v) is 3.38. The van der Waals surface area contributed by atoms with Crippen LogP contribution in [0, 0.1) is 12.8 Å². The minimum Gasteiger partial charge on any atom is -0.476 e. The lowest BCUT2D eigenvalue weighted by atomic mass is 10.1. The molecule has 1 aliphatic rings. The van der Waals surface area contributed by atoms with E-state index in [9.17, 15) is 0 Å². The molecule has 1 atom stereocenters. The first-order chi connectivity index (χ1) is 9.81. The van der Waals surface area contributed by atoms with Crippen LogP contribution in [-0.4, -0.2) is 39.6 Å². The molecule has 2 aromatic heterocycles. The molecule has 1 fully saturated rings. The summed E-state index contributed by atoms with van der Waals surface area (Å²) in [4.78, 5) is 19.0. The molecule has 3 rings (SSSR count). The van der Waals surface area contributed by atoms with Gasteiger partial charge in [0.1, 0.15) is 11.6 Å². The molecule has 2 aromatic rings. The smallest absolute Gasteiger partial charge is 0.232 e. The molecule has 20 heavy (non-hydrogen) atoms. The fourth-order valence-corrected chi connectivity index (χ4v) is 2.36. The maximum absolute atomic E-state index is 5.66. The van der Waals surface area contributed by atoms with Gasteiger partial charge < -0.3 is 9.64 Å². The summed E-state index contributed by atoms with van der Waals surface area (Å²) in [5.41, 5.74) is 0. The Kier molecular flexibility index (Phi) is 3.71. The largest absolute Gasteiger partial charge is 0.476 e. The van der Waals surface area contributed by atoms with Crippen LogP contribution in [-0.2, 0) is 0 Å². The van der Waals surface area contributed by atoms with Gasteiger partial charge in [0.2, 0.25) is 5.88 Å². The molecule has 0 N–H and O–H groups in total. The summed E-state index contributed by atoms with van der Waals surface area (Å²) in [6.45, 7) is 4.54. The van der Waals surface area contributed by atoms with Crippen molar-refractivity contribution < 1.29 is 4.74 Å². The van der Waals surface area contributed by atoms with E-state index in [4.69, 9.17) is 4.74 Å². The number of rotatable bonds is 4. The summed E-state index contributed by atoms with van der Waals surface area (Å²) >= 11 is 0. The van der Waals surface area contributed by atoms with E-state index in [0.29, 0.717) is 18.4 Å². The second-order valence-corrected chi connectivity index (χ2v) is 4.92. The molecular formula is C14H17N5O. The molecule has 0 spiro atoms. The fraction of sp³-hybridized carbons (Fsp3) is 0.429. The minimum absolute atomic E-state index is 0.493. The molecule has 0 aliphatic carbocycles. The molecule has 0 bridgehead atoms. The SMILES string of the molecule is Cc1nccc(N2CCC(COc3cnccn3)C2)n1. The average molecular weight is 271 g/mol. The molecule has 6 heteroatoms. The Morgan fingerprint density at radius 3 is 3.05 bits per heavy atom. The van der Waals surface area contributed by atoms with Gasteiger partial charge in [-0.2, -0.15) is 0 Å². The van der Waals surface area contributed by atoms with E-state index in [-0.39, 0.29) is 0 Å². The van der Waals surface area contributed by atoms with Crippen LogP contribution < -0.4 is 9.64 Å². The molecule has 104 valence electrons. The van der Waals surface area contributed by atoms with Gasteiger partial charge in [-0.25, -0.2) is 15.0 Å². The average Bonchev–Trinajstić information content (AvgIpc) is 2.95. The summed E-state index contributed by atoms with van der Waals surface area (Å²) < 4.78 is 5.66. The summed E-state index contributed by atoms with van der Waals surface area (Å²) in [6.07, 6.45) is 7.83. The first-order valence-corrected chi connectivity index (χ1v) is 6.74. The Balaban J connectivity index is 1.55. The van der Waals surface area contributed by atoms with Crippen molar-refractivity contribution in [1.29, 1.82) is 0 Å². The molecule has 0 saturated carbocycles. The summed E-state index contributed by atoms with van der Waals surface area (Å²) in [5.74, 6) is 2.89. The second kappa shape index (κ2) is 5.81. The third-order valence-electron chi connectivity index (χ3n) is 3.38. The lowest BCUT2D eigenvalue weighted by molar-refractivity contribution is 0.251. The monoisotopic (exact) mass is 271 g/mol. The van der Waals surface area contributed by atoms with Crippen LogP contribution in [0.15, 0.2) is 30.9 Å². The highest BCUT2D eigenvalue weighted by Crippen LogP contribution is 2.22. The van der Waals surface area contributed by atoms with E-state index >= 15 is 0 Å². The van der Waals surface area contributed by atoms with Gasteiger partial charge in [-0.1, -0.05) is 0 Å². The Bertz CT molecular complexity index is 563.